The normalized spacial score (nSPS) is 32.9. The van der Waals surface area contributed by atoms with E-state index in [-0.39, 0.29) is 19.7 Å². The van der Waals surface area contributed by atoms with Gasteiger partial charge in [0.2, 0.25) is 5.66 Å². The third-order valence-electron chi connectivity index (χ3n) is 3.25. The lowest BCUT2D eigenvalue weighted by atomic mass is 10.0. The molecule has 0 aromatic heterocycles. The van der Waals surface area contributed by atoms with Crippen molar-refractivity contribution in [3.8, 4) is 0 Å². The van der Waals surface area contributed by atoms with E-state index in [4.69, 9.17) is 15.0 Å². The zero-order valence-corrected chi connectivity index (χ0v) is 11.3. The summed E-state index contributed by atoms with van der Waals surface area (Å²) in [6.45, 7) is 1.64. The SMILES string of the molecule is CC1OC[C@@H](O)[C@H](O)C1OC(=O)NCC1(CN=[N+]=[N-])N=N1. The van der Waals surface area contributed by atoms with Crippen molar-refractivity contribution in [2.75, 3.05) is 19.7 Å². The number of amides is 1. The predicted octanol–water partition coefficient (Wildman–Crippen LogP) is -0.306. The van der Waals surface area contributed by atoms with Gasteiger partial charge in [-0.2, -0.15) is 10.2 Å². The van der Waals surface area contributed by atoms with E-state index in [2.05, 4.69) is 25.6 Å². The molecule has 0 aromatic rings. The molecular formula is C10H16N6O5. The zero-order chi connectivity index (χ0) is 15.5. The average molecular weight is 300 g/mol. The highest BCUT2D eigenvalue weighted by Crippen LogP contribution is 2.27. The van der Waals surface area contributed by atoms with Gasteiger partial charge in [-0.3, -0.25) is 0 Å². The molecule has 2 unspecified atom stereocenters. The molecular weight excluding hydrogens is 284 g/mol. The Morgan fingerprint density at radius 2 is 2.33 bits per heavy atom. The summed E-state index contributed by atoms with van der Waals surface area (Å²) in [7, 11) is 0. The Labute approximate surface area is 119 Å². The van der Waals surface area contributed by atoms with E-state index in [0.717, 1.165) is 0 Å². The van der Waals surface area contributed by atoms with Crippen LogP contribution in [0.3, 0.4) is 0 Å². The molecule has 2 aliphatic heterocycles. The van der Waals surface area contributed by atoms with Gasteiger partial charge in [-0.25, -0.2) is 4.79 Å². The number of carbonyl (C=O) groups is 1. The van der Waals surface area contributed by atoms with Gasteiger partial charge in [0.1, 0.15) is 12.2 Å². The van der Waals surface area contributed by atoms with Gasteiger partial charge in [0.25, 0.3) is 0 Å². The standard InChI is InChI=1S/C10H16N6O5/c1-5-8(7(18)6(17)2-20-5)21-9(19)12-3-10(14-15-10)4-13-16-11/h5-8,17-18H,2-4H2,1H3,(H,12,19)/t5?,6-,7+,8?/m1/s1. The zero-order valence-electron chi connectivity index (χ0n) is 11.3. The molecule has 0 spiro atoms. The Morgan fingerprint density at radius 3 is 2.95 bits per heavy atom. The number of ether oxygens (including phenoxy) is 2. The van der Waals surface area contributed by atoms with Crippen LogP contribution in [0.2, 0.25) is 0 Å². The van der Waals surface area contributed by atoms with Crippen LogP contribution in [0.5, 0.6) is 0 Å². The summed E-state index contributed by atoms with van der Waals surface area (Å²) < 4.78 is 10.2. The molecule has 2 aliphatic rings. The van der Waals surface area contributed by atoms with Gasteiger partial charge >= 0.3 is 6.09 Å². The van der Waals surface area contributed by atoms with Crippen molar-refractivity contribution in [3.63, 3.8) is 0 Å². The molecule has 2 heterocycles. The lowest BCUT2D eigenvalue weighted by Crippen LogP contribution is -2.54. The molecule has 1 fully saturated rings. The predicted molar refractivity (Wildman–Crippen MR) is 67.3 cm³/mol. The van der Waals surface area contributed by atoms with Crippen molar-refractivity contribution in [3.05, 3.63) is 10.4 Å². The second-order valence-electron chi connectivity index (χ2n) is 4.89. The van der Waals surface area contributed by atoms with Crippen LogP contribution in [-0.2, 0) is 9.47 Å². The fourth-order valence-electron chi connectivity index (χ4n) is 1.89. The van der Waals surface area contributed by atoms with E-state index >= 15 is 0 Å². The van der Waals surface area contributed by atoms with Gasteiger partial charge in [0.15, 0.2) is 6.10 Å². The average Bonchev–Trinajstić information content (AvgIpc) is 3.24. The first-order valence-electron chi connectivity index (χ1n) is 6.34. The van der Waals surface area contributed by atoms with E-state index in [1.807, 2.05) is 0 Å². The third kappa shape index (κ3) is 3.79. The van der Waals surface area contributed by atoms with Crippen LogP contribution in [0.4, 0.5) is 4.79 Å². The number of aliphatic hydroxyl groups is 2. The number of nitrogens with zero attached hydrogens (tertiary/aromatic N) is 5. The van der Waals surface area contributed by atoms with Crippen LogP contribution >= 0.6 is 0 Å². The smallest absolute Gasteiger partial charge is 0.407 e. The van der Waals surface area contributed by atoms with E-state index in [9.17, 15) is 15.0 Å². The number of aliphatic hydroxyl groups excluding tert-OH is 2. The van der Waals surface area contributed by atoms with Crippen molar-refractivity contribution in [2.24, 2.45) is 15.3 Å². The number of carbonyl (C=O) groups excluding carboxylic acids is 1. The Kier molecular flexibility index (Phi) is 4.58. The summed E-state index contributed by atoms with van der Waals surface area (Å²) in [5, 5.41) is 32.4. The Hall–Kier alpha value is -1.94. The van der Waals surface area contributed by atoms with E-state index < -0.39 is 36.2 Å². The Balaban J connectivity index is 1.80. The minimum atomic E-state index is -1.22. The van der Waals surface area contributed by atoms with Gasteiger partial charge in [-0.05, 0) is 12.5 Å². The number of hydrogen-bond donors (Lipinski definition) is 3. The molecule has 1 saturated heterocycles. The summed E-state index contributed by atoms with van der Waals surface area (Å²) in [4.78, 5) is 14.3. The molecule has 0 aromatic carbocycles. The summed E-state index contributed by atoms with van der Waals surface area (Å²) in [6, 6.07) is 0. The third-order valence-corrected chi connectivity index (χ3v) is 3.25. The molecule has 0 radical (unpaired) electrons. The van der Waals surface area contributed by atoms with Crippen molar-refractivity contribution in [1.29, 1.82) is 0 Å². The molecule has 11 heteroatoms. The van der Waals surface area contributed by atoms with E-state index in [1.54, 1.807) is 6.92 Å². The number of hydrogen-bond acceptors (Lipinski definition) is 8. The molecule has 0 saturated carbocycles. The first kappa shape index (κ1) is 15.4. The molecule has 116 valence electrons. The van der Waals surface area contributed by atoms with Crippen molar-refractivity contribution in [1.82, 2.24) is 5.32 Å². The van der Waals surface area contributed by atoms with E-state index in [1.165, 1.54) is 0 Å². The molecule has 2 rings (SSSR count). The fraction of sp³-hybridized carbons (Fsp3) is 0.900. The Morgan fingerprint density at radius 1 is 1.62 bits per heavy atom. The maximum absolute atomic E-state index is 11.7. The number of rotatable bonds is 5. The number of azide groups is 1. The second kappa shape index (κ2) is 6.22. The van der Waals surface area contributed by atoms with Crippen LogP contribution in [0.15, 0.2) is 15.3 Å². The van der Waals surface area contributed by atoms with Crippen LogP contribution in [0.25, 0.3) is 10.4 Å². The lowest BCUT2D eigenvalue weighted by Gasteiger charge is -2.35. The maximum atomic E-state index is 11.7. The Bertz CT molecular complexity index is 473. The van der Waals surface area contributed by atoms with Gasteiger partial charge in [0, 0.05) is 4.91 Å². The lowest BCUT2D eigenvalue weighted by molar-refractivity contribution is -0.181. The fourth-order valence-corrected chi connectivity index (χ4v) is 1.89. The maximum Gasteiger partial charge on any atom is 0.407 e. The van der Waals surface area contributed by atoms with Gasteiger partial charge in [-0.1, -0.05) is 5.11 Å². The minimum absolute atomic E-state index is 0.00800. The molecule has 11 nitrogen and oxygen atoms in total. The van der Waals surface area contributed by atoms with Crippen LogP contribution in [0, 0.1) is 0 Å². The summed E-state index contributed by atoms with van der Waals surface area (Å²) in [5.74, 6) is 0. The quantitative estimate of drug-likeness (QED) is 0.360. The van der Waals surface area contributed by atoms with Gasteiger partial charge < -0.3 is 25.0 Å². The number of nitrogens with one attached hydrogen (secondary N) is 1. The molecule has 0 bridgehead atoms. The topological polar surface area (TPSA) is 162 Å². The molecule has 3 N–H and O–H groups in total. The summed E-state index contributed by atoms with van der Waals surface area (Å²) in [5.41, 5.74) is 7.31. The first-order chi connectivity index (χ1) is 9.97. The van der Waals surface area contributed by atoms with Crippen molar-refractivity contribution < 1.29 is 24.5 Å². The second-order valence-corrected chi connectivity index (χ2v) is 4.89. The largest absolute Gasteiger partial charge is 0.441 e. The van der Waals surface area contributed by atoms with E-state index in [0.29, 0.717) is 0 Å². The van der Waals surface area contributed by atoms with Crippen LogP contribution in [0.1, 0.15) is 6.92 Å². The molecule has 4 atom stereocenters. The molecule has 21 heavy (non-hydrogen) atoms. The summed E-state index contributed by atoms with van der Waals surface area (Å²) >= 11 is 0. The minimum Gasteiger partial charge on any atom is -0.441 e. The highest BCUT2D eigenvalue weighted by molar-refractivity contribution is 5.67. The monoisotopic (exact) mass is 300 g/mol. The van der Waals surface area contributed by atoms with Gasteiger partial charge in [-0.15, -0.1) is 0 Å². The number of alkyl carbamates (subject to hydrolysis) is 1. The van der Waals surface area contributed by atoms with Crippen molar-refractivity contribution in [2.45, 2.75) is 37.0 Å². The first-order valence-corrected chi connectivity index (χ1v) is 6.34. The summed E-state index contributed by atoms with van der Waals surface area (Å²) in [6.07, 6.45) is -4.64. The highest BCUT2D eigenvalue weighted by Gasteiger charge is 2.42. The van der Waals surface area contributed by atoms with Crippen molar-refractivity contribution >= 4 is 6.09 Å². The highest BCUT2D eigenvalue weighted by atomic mass is 16.6. The van der Waals surface area contributed by atoms with Crippen LogP contribution < -0.4 is 5.32 Å². The molecule has 0 aliphatic carbocycles. The van der Waals surface area contributed by atoms with Crippen LogP contribution in [-0.4, -0.2) is 66.1 Å². The van der Waals surface area contributed by atoms with Gasteiger partial charge in [0.05, 0.1) is 25.8 Å². The molecule has 1 amide bonds.